The molecule has 0 spiro atoms. The first kappa shape index (κ1) is 33.8. The highest BCUT2D eigenvalue weighted by Gasteiger charge is 2.50. The first-order valence-corrected chi connectivity index (χ1v) is 13.1. The number of carbonyl (C=O) groups is 4. The number of rotatable bonds is 13. The Labute approximate surface area is 246 Å². The molecule has 0 bridgehead atoms. The predicted octanol–water partition coefficient (Wildman–Crippen LogP) is -4.13. The van der Waals surface area contributed by atoms with Crippen LogP contribution in [-0.2, 0) is 23.9 Å². The van der Waals surface area contributed by atoms with Gasteiger partial charge in [-0.2, -0.15) is 0 Å². The van der Waals surface area contributed by atoms with Crippen LogP contribution in [-0.4, -0.2) is 105 Å². The summed E-state index contributed by atoms with van der Waals surface area (Å²) in [6, 6.07) is -1.90. The molecule has 0 aromatic carbocycles. The summed E-state index contributed by atoms with van der Waals surface area (Å²) in [5, 5.41) is 64.3. The summed E-state index contributed by atoms with van der Waals surface area (Å²) in [5.41, 5.74) is 4.26. The van der Waals surface area contributed by atoms with Crippen molar-refractivity contribution < 1.29 is 54.6 Å². The van der Waals surface area contributed by atoms with Crippen molar-refractivity contribution in [2.75, 3.05) is 0 Å². The Hall–Kier alpha value is -4.69. The SMILES string of the molecule is C[C@@H]([C@H](N)C(=O)NC(C(=O)N[C@H](CCC(=O)O)C(=O)O)C1O[C@H](n2ccc(=O)[nH]c2=O)C(O)C1O)[C@@H](O)c1ccc(O)cn1. The molecule has 0 aliphatic carbocycles. The quantitative estimate of drug-likeness (QED) is 0.101. The zero-order valence-electron chi connectivity index (χ0n) is 23.0. The average Bonchev–Trinajstić information content (AvgIpc) is 3.25. The van der Waals surface area contributed by atoms with Crippen molar-refractivity contribution in [1.29, 1.82) is 0 Å². The second kappa shape index (κ2) is 14.2. The molecule has 0 radical (unpaired) electrons. The van der Waals surface area contributed by atoms with Gasteiger partial charge in [0, 0.05) is 24.6 Å². The number of aromatic nitrogens is 3. The number of aliphatic carboxylic acids is 2. The minimum Gasteiger partial charge on any atom is -0.506 e. The normalized spacial score (nSPS) is 23.1. The van der Waals surface area contributed by atoms with Crippen LogP contribution in [0.15, 0.2) is 40.2 Å². The van der Waals surface area contributed by atoms with Crippen LogP contribution in [0.25, 0.3) is 0 Å². The number of aliphatic hydroxyl groups is 3. The Balaban J connectivity index is 1.91. The number of nitrogens with zero attached hydrogens (tertiary/aromatic N) is 2. The highest BCUT2D eigenvalue weighted by atomic mass is 16.6. The monoisotopic (exact) mass is 624 g/mol. The number of aromatic hydroxyl groups is 1. The lowest BCUT2D eigenvalue weighted by Crippen LogP contribution is -2.61. The largest absolute Gasteiger partial charge is 0.506 e. The van der Waals surface area contributed by atoms with Crippen LogP contribution in [0.5, 0.6) is 5.75 Å². The molecular formula is C25H32N6O13. The van der Waals surface area contributed by atoms with Crippen molar-refractivity contribution >= 4 is 23.8 Å². The molecule has 1 saturated heterocycles. The van der Waals surface area contributed by atoms with Crippen molar-refractivity contribution in [3.63, 3.8) is 0 Å². The topological polar surface area (TPSA) is 317 Å². The van der Waals surface area contributed by atoms with Crippen molar-refractivity contribution in [1.82, 2.24) is 25.2 Å². The summed E-state index contributed by atoms with van der Waals surface area (Å²) in [4.78, 5) is 78.8. The Kier molecular flexibility index (Phi) is 10.9. The van der Waals surface area contributed by atoms with Crippen LogP contribution < -0.4 is 27.6 Å². The standard InChI is InChI=1S/C25H32N6O13/c1-9(17(36)11-3-2-10(32)8-27-11)15(26)21(39)30-16(22(40)28-12(24(41)42)4-5-14(34)35)20-18(37)19(38)23(44-20)31-7-6-13(33)29-25(31)43/h2-3,6-9,12,15-20,23,32,36-38H,4-5,26H2,1H3,(H,28,40)(H,30,39)(H,34,35)(H,41,42)(H,29,33,43)/t9-,12+,15-,16?,17+,18?,19?,20?,23-/m0/s1. The number of aliphatic hydroxyl groups excluding tert-OH is 3. The summed E-state index contributed by atoms with van der Waals surface area (Å²) < 4.78 is 6.29. The van der Waals surface area contributed by atoms with Crippen molar-refractivity contribution in [3.8, 4) is 5.75 Å². The van der Waals surface area contributed by atoms with E-state index in [1.54, 1.807) is 0 Å². The van der Waals surface area contributed by atoms with Crippen LogP contribution in [0.2, 0.25) is 0 Å². The fourth-order valence-corrected chi connectivity index (χ4v) is 4.43. The maximum atomic E-state index is 13.4. The van der Waals surface area contributed by atoms with E-state index in [1.807, 2.05) is 4.98 Å². The molecule has 11 N–H and O–H groups in total. The van der Waals surface area contributed by atoms with Crippen molar-refractivity contribution in [2.45, 2.75) is 68.5 Å². The van der Waals surface area contributed by atoms with Gasteiger partial charge >= 0.3 is 17.6 Å². The van der Waals surface area contributed by atoms with E-state index < -0.39 is 103 Å². The molecule has 19 heteroatoms. The zero-order valence-corrected chi connectivity index (χ0v) is 23.0. The molecule has 2 amide bonds. The number of amides is 2. The van der Waals surface area contributed by atoms with Crippen molar-refractivity contribution in [2.24, 2.45) is 11.7 Å². The summed E-state index contributed by atoms with van der Waals surface area (Å²) in [6.07, 6.45) is -8.10. The van der Waals surface area contributed by atoms with E-state index in [0.717, 1.165) is 18.5 Å². The third-order valence-corrected chi connectivity index (χ3v) is 7.01. The smallest absolute Gasteiger partial charge is 0.330 e. The molecule has 44 heavy (non-hydrogen) atoms. The van der Waals surface area contributed by atoms with Gasteiger partial charge in [0.15, 0.2) is 6.23 Å². The number of H-pyrrole nitrogens is 1. The molecule has 2 aromatic heterocycles. The maximum absolute atomic E-state index is 13.4. The number of nitrogens with two attached hydrogens (primary N) is 1. The molecular weight excluding hydrogens is 592 g/mol. The van der Waals surface area contributed by atoms with Gasteiger partial charge in [0.25, 0.3) is 5.56 Å². The summed E-state index contributed by atoms with van der Waals surface area (Å²) >= 11 is 0. The van der Waals surface area contributed by atoms with Gasteiger partial charge in [-0.1, -0.05) is 6.92 Å². The van der Waals surface area contributed by atoms with Crippen LogP contribution in [0, 0.1) is 5.92 Å². The molecule has 240 valence electrons. The van der Waals surface area contributed by atoms with Crippen LogP contribution in [0.4, 0.5) is 0 Å². The van der Waals surface area contributed by atoms with Gasteiger partial charge in [-0.3, -0.25) is 33.7 Å². The number of ether oxygens (including phenoxy) is 1. The molecule has 4 unspecified atom stereocenters. The second-order valence-electron chi connectivity index (χ2n) is 10.1. The van der Waals surface area contributed by atoms with Gasteiger partial charge in [0.1, 0.15) is 42.2 Å². The van der Waals surface area contributed by atoms with Crippen molar-refractivity contribution in [3.05, 3.63) is 57.1 Å². The summed E-state index contributed by atoms with van der Waals surface area (Å²) in [6.45, 7) is 1.37. The van der Waals surface area contributed by atoms with E-state index in [9.17, 15) is 54.3 Å². The molecule has 9 atom stereocenters. The Morgan fingerprint density at radius 2 is 1.77 bits per heavy atom. The maximum Gasteiger partial charge on any atom is 0.330 e. The van der Waals surface area contributed by atoms with E-state index in [4.69, 9.17) is 15.6 Å². The van der Waals surface area contributed by atoms with Gasteiger partial charge in [0.05, 0.1) is 17.9 Å². The number of nitrogens with one attached hydrogen (secondary N) is 3. The minimum absolute atomic E-state index is 0.0439. The first-order chi connectivity index (χ1) is 20.6. The average molecular weight is 625 g/mol. The van der Waals surface area contributed by atoms with Crippen LogP contribution >= 0.6 is 0 Å². The third kappa shape index (κ3) is 7.82. The molecule has 0 saturated carbocycles. The van der Waals surface area contributed by atoms with Gasteiger partial charge in [0.2, 0.25) is 11.8 Å². The fraction of sp³-hybridized carbons (Fsp3) is 0.480. The van der Waals surface area contributed by atoms with E-state index in [1.165, 1.54) is 19.1 Å². The van der Waals surface area contributed by atoms with Gasteiger partial charge < -0.3 is 51.7 Å². The third-order valence-electron chi connectivity index (χ3n) is 7.01. The zero-order chi connectivity index (χ0) is 32.9. The van der Waals surface area contributed by atoms with Gasteiger partial charge in [-0.15, -0.1) is 0 Å². The highest BCUT2D eigenvalue weighted by Crippen LogP contribution is 2.31. The molecule has 3 heterocycles. The number of carbonyl (C=O) groups excluding carboxylic acids is 2. The van der Waals surface area contributed by atoms with Crippen LogP contribution in [0.3, 0.4) is 0 Å². The lowest BCUT2D eigenvalue weighted by molar-refractivity contribution is -0.145. The Morgan fingerprint density at radius 1 is 1.09 bits per heavy atom. The van der Waals surface area contributed by atoms with Gasteiger partial charge in [-0.05, 0) is 18.6 Å². The summed E-state index contributed by atoms with van der Waals surface area (Å²) in [7, 11) is 0. The summed E-state index contributed by atoms with van der Waals surface area (Å²) in [5.74, 6) is -6.64. The number of hydrogen-bond donors (Lipinski definition) is 10. The molecule has 3 rings (SSSR count). The number of carboxylic acids is 2. The fourth-order valence-electron chi connectivity index (χ4n) is 4.43. The molecule has 1 fully saturated rings. The molecule has 19 nitrogen and oxygen atoms in total. The van der Waals surface area contributed by atoms with Gasteiger partial charge in [-0.25, -0.2) is 9.59 Å². The number of pyridine rings is 1. The van der Waals surface area contributed by atoms with E-state index >= 15 is 0 Å². The number of aromatic amines is 1. The first-order valence-electron chi connectivity index (χ1n) is 13.1. The molecule has 1 aliphatic rings. The molecule has 2 aromatic rings. The second-order valence-corrected chi connectivity index (χ2v) is 10.1. The predicted molar refractivity (Wildman–Crippen MR) is 144 cm³/mol. The highest BCUT2D eigenvalue weighted by molar-refractivity contribution is 5.92. The van der Waals surface area contributed by atoms with E-state index in [0.29, 0.717) is 4.57 Å². The van der Waals surface area contributed by atoms with E-state index in [-0.39, 0.29) is 11.4 Å². The number of hydrogen-bond acceptors (Lipinski definition) is 13. The molecule has 1 aliphatic heterocycles. The Morgan fingerprint density at radius 3 is 2.34 bits per heavy atom. The number of carboxylic acid groups (broad SMARTS) is 2. The lowest BCUT2D eigenvalue weighted by Gasteiger charge is -2.30. The lowest BCUT2D eigenvalue weighted by atomic mass is 9.92. The minimum atomic E-state index is -2.00. The Bertz CT molecular complexity index is 1480. The van der Waals surface area contributed by atoms with Crippen LogP contribution in [0.1, 0.15) is 37.8 Å². The van der Waals surface area contributed by atoms with E-state index in [2.05, 4.69) is 15.6 Å².